The van der Waals surface area contributed by atoms with Crippen LogP contribution in [-0.2, 0) is 17.8 Å². The Morgan fingerprint density at radius 2 is 1.87 bits per heavy atom. The molecule has 0 unspecified atom stereocenters. The molecule has 0 saturated carbocycles. The summed E-state index contributed by atoms with van der Waals surface area (Å²) in [5.41, 5.74) is 1.28. The molecule has 0 fully saturated rings. The molecule has 0 saturated heterocycles. The maximum atomic E-state index is 12.3. The van der Waals surface area contributed by atoms with Gasteiger partial charge in [0, 0.05) is 0 Å². The van der Waals surface area contributed by atoms with Crippen LogP contribution in [0.3, 0.4) is 0 Å². The Kier molecular flexibility index (Phi) is 4.14. The molecule has 23 heavy (non-hydrogen) atoms. The van der Waals surface area contributed by atoms with Gasteiger partial charge in [-0.1, -0.05) is 36.4 Å². The fourth-order valence-electron chi connectivity index (χ4n) is 2.21. The molecule has 3 rings (SSSR count). The number of aromatic nitrogens is 3. The summed E-state index contributed by atoms with van der Waals surface area (Å²) >= 11 is 0. The molecule has 1 aromatic heterocycles. The Balaban J connectivity index is 1.77. The van der Waals surface area contributed by atoms with Crippen molar-refractivity contribution in [3.05, 3.63) is 64.4 Å². The number of esters is 1. The summed E-state index contributed by atoms with van der Waals surface area (Å²) in [5.74, 6) is -0.130. The van der Waals surface area contributed by atoms with Crippen LogP contribution in [0.2, 0.25) is 0 Å². The highest BCUT2D eigenvalue weighted by atomic mass is 16.5. The maximum Gasteiger partial charge on any atom is 0.333 e. The Morgan fingerprint density at radius 3 is 2.61 bits per heavy atom. The average molecular weight is 309 g/mol. The third-order valence-corrected chi connectivity index (χ3v) is 3.47. The van der Waals surface area contributed by atoms with Crippen molar-refractivity contribution in [1.29, 1.82) is 0 Å². The molecule has 1 heterocycles. The van der Waals surface area contributed by atoms with Crippen LogP contribution in [-0.4, -0.2) is 21.0 Å². The lowest BCUT2D eigenvalue weighted by molar-refractivity contribution is -0.135. The smallest absolute Gasteiger partial charge is 0.333 e. The minimum Gasteiger partial charge on any atom is -0.425 e. The van der Waals surface area contributed by atoms with Crippen molar-refractivity contribution in [3.8, 4) is 5.75 Å². The van der Waals surface area contributed by atoms with Gasteiger partial charge in [-0.3, -0.25) is 4.79 Å². The summed E-state index contributed by atoms with van der Waals surface area (Å²) in [6, 6.07) is 14.1. The van der Waals surface area contributed by atoms with Gasteiger partial charge in [0.25, 0.3) is 5.56 Å². The summed E-state index contributed by atoms with van der Waals surface area (Å²) < 4.78 is 6.22. The van der Waals surface area contributed by atoms with Gasteiger partial charge in [0.05, 0.1) is 5.39 Å². The first kappa shape index (κ1) is 14.9. The van der Waals surface area contributed by atoms with Crippen molar-refractivity contribution in [2.75, 3.05) is 0 Å². The second-order valence-electron chi connectivity index (χ2n) is 5.04. The number of carbonyl (C=O) groups is 1. The largest absolute Gasteiger partial charge is 0.425 e. The topological polar surface area (TPSA) is 74.1 Å². The summed E-state index contributed by atoms with van der Waals surface area (Å²) in [7, 11) is 0. The number of fused-ring (bicyclic) bond motifs is 1. The predicted molar refractivity (Wildman–Crippen MR) is 85.3 cm³/mol. The Bertz CT molecular complexity index is 901. The van der Waals surface area contributed by atoms with Crippen LogP contribution >= 0.6 is 0 Å². The van der Waals surface area contributed by atoms with Crippen LogP contribution in [0.15, 0.2) is 53.3 Å². The molecule has 0 N–H and O–H groups in total. The fourth-order valence-corrected chi connectivity index (χ4v) is 2.21. The number of rotatable bonds is 4. The molecule has 0 radical (unpaired) electrons. The monoisotopic (exact) mass is 309 g/mol. The lowest BCUT2D eigenvalue weighted by Gasteiger charge is -2.06. The zero-order valence-electron chi connectivity index (χ0n) is 12.6. The second-order valence-corrected chi connectivity index (χ2v) is 5.04. The predicted octanol–water partition coefficient (Wildman–Crippen LogP) is 1.96. The fraction of sp³-hybridized carbons (Fsp3) is 0.176. The van der Waals surface area contributed by atoms with Crippen molar-refractivity contribution in [3.63, 3.8) is 0 Å². The third kappa shape index (κ3) is 3.26. The molecular weight excluding hydrogens is 294 g/mol. The minimum atomic E-state index is -0.569. The van der Waals surface area contributed by atoms with Crippen LogP contribution in [0, 0.1) is 0 Å². The highest BCUT2D eigenvalue weighted by Crippen LogP contribution is 2.13. The third-order valence-electron chi connectivity index (χ3n) is 3.47. The van der Waals surface area contributed by atoms with E-state index in [-0.39, 0.29) is 12.1 Å². The molecule has 0 atom stereocenters. The van der Waals surface area contributed by atoms with Gasteiger partial charge < -0.3 is 4.74 Å². The normalized spacial score (nSPS) is 10.7. The van der Waals surface area contributed by atoms with E-state index in [1.54, 1.807) is 36.4 Å². The number of hydrogen-bond acceptors (Lipinski definition) is 5. The number of aryl methyl sites for hydroxylation is 1. The first-order chi connectivity index (χ1) is 11.2. The quantitative estimate of drug-likeness (QED) is 0.544. The molecule has 0 aliphatic rings. The Hall–Kier alpha value is -3.02. The lowest BCUT2D eigenvalue weighted by atomic mass is 10.2. The zero-order chi connectivity index (χ0) is 16.2. The number of hydrogen-bond donors (Lipinski definition) is 0. The van der Waals surface area contributed by atoms with Crippen LogP contribution in [0.1, 0.15) is 12.5 Å². The molecule has 6 heteroatoms. The highest BCUT2D eigenvalue weighted by molar-refractivity contribution is 5.77. The summed E-state index contributed by atoms with van der Waals surface area (Å²) in [6.45, 7) is 1.76. The summed E-state index contributed by atoms with van der Waals surface area (Å²) in [5, 5.41) is 8.12. The van der Waals surface area contributed by atoms with E-state index in [0.717, 1.165) is 16.7 Å². The highest BCUT2D eigenvalue weighted by Gasteiger charge is 2.11. The molecule has 0 amide bonds. The van der Waals surface area contributed by atoms with E-state index >= 15 is 0 Å². The van der Waals surface area contributed by atoms with Crippen LogP contribution < -0.4 is 10.3 Å². The molecule has 2 aromatic carbocycles. The average Bonchev–Trinajstić information content (AvgIpc) is 2.58. The first-order valence-electron chi connectivity index (χ1n) is 7.29. The van der Waals surface area contributed by atoms with Gasteiger partial charge >= 0.3 is 5.97 Å². The van der Waals surface area contributed by atoms with Crippen molar-refractivity contribution in [2.45, 2.75) is 19.9 Å². The molecule has 6 nitrogen and oxygen atoms in total. The summed E-state index contributed by atoms with van der Waals surface area (Å²) in [6.07, 6.45) is 0.913. The lowest BCUT2D eigenvalue weighted by Crippen LogP contribution is -2.29. The standard InChI is InChI=1S/C17H15N3O3/c1-2-12-7-9-13(10-8-12)23-16(21)11-20-17(22)14-5-3-4-6-15(14)18-19-20/h3-10H,2,11H2,1H3. The summed E-state index contributed by atoms with van der Waals surface area (Å²) in [4.78, 5) is 24.2. The van der Waals surface area contributed by atoms with Gasteiger partial charge in [-0.25, -0.2) is 4.79 Å². The van der Waals surface area contributed by atoms with E-state index in [2.05, 4.69) is 10.3 Å². The molecule has 3 aromatic rings. The van der Waals surface area contributed by atoms with Crippen molar-refractivity contribution >= 4 is 16.9 Å². The molecule has 116 valence electrons. The van der Waals surface area contributed by atoms with E-state index in [1.807, 2.05) is 19.1 Å². The molecule has 0 aliphatic carbocycles. The Morgan fingerprint density at radius 1 is 1.13 bits per heavy atom. The first-order valence-corrected chi connectivity index (χ1v) is 7.29. The number of carbonyl (C=O) groups excluding carboxylic acids is 1. The van der Waals surface area contributed by atoms with Gasteiger partial charge in [0.2, 0.25) is 0 Å². The van der Waals surface area contributed by atoms with E-state index in [1.165, 1.54) is 0 Å². The van der Waals surface area contributed by atoms with Crippen LogP contribution in [0.4, 0.5) is 0 Å². The van der Waals surface area contributed by atoms with E-state index in [0.29, 0.717) is 16.7 Å². The van der Waals surface area contributed by atoms with Gasteiger partial charge in [0.15, 0.2) is 0 Å². The van der Waals surface area contributed by atoms with Crippen molar-refractivity contribution in [1.82, 2.24) is 15.0 Å². The zero-order valence-corrected chi connectivity index (χ0v) is 12.6. The SMILES string of the molecule is CCc1ccc(OC(=O)Cn2nnc3ccccc3c2=O)cc1. The van der Waals surface area contributed by atoms with E-state index in [4.69, 9.17) is 4.74 Å². The number of ether oxygens (including phenoxy) is 1. The molecule has 0 bridgehead atoms. The van der Waals surface area contributed by atoms with Gasteiger partial charge in [-0.2, -0.15) is 4.68 Å². The molecule has 0 aliphatic heterocycles. The van der Waals surface area contributed by atoms with Crippen LogP contribution in [0.25, 0.3) is 10.9 Å². The Labute approximate surface area is 132 Å². The molecule has 0 spiro atoms. The van der Waals surface area contributed by atoms with E-state index in [9.17, 15) is 9.59 Å². The number of benzene rings is 2. The molecular formula is C17H15N3O3. The van der Waals surface area contributed by atoms with Crippen molar-refractivity contribution < 1.29 is 9.53 Å². The van der Waals surface area contributed by atoms with Crippen molar-refractivity contribution in [2.24, 2.45) is 0 Å². The minimum absolute atomic E-state index is 0.286. The number of nitrogens with zero attached hydrogens (tertiary/aromatic N) is 3. The van der Waals surface area contributed by atoms with Crippen LogP contribution in [0.5, 0.6) is 5.75 Å². The second kappa shape index (κ2) is 6.39. The van der Waals surface area contributed by atoms with E-state index < -0.39 is 5.97 Å². The maximum absolute atomic E-state index is 12.3. The van der Waals surface area contributed by atoms with Gasteiger partial charge in [0.1, 0.15) is 17.8 Å². The van der Waals surface area contributed by atoms with Gasteiger partial charge in [-0.05, 0) is 36.2 Å². The van der Waals surface area contributed by atoms with Gasteiger partial charge in [-0.15, -0.1) is 5.10 Å².